The molecule has 4 heteroatoms. The maximum atomic E-state index is 10.6. The minimum Gasteiger partial charge on any atom is -0.494 e. The van der Waals surface area contributed by atoms with Gasteiger partial charge in [0.15, 0.2) is 5.88 Å². The third kappa shape index (κ3) is 3.56. The Labute approximate surface area is 142 Å². The number of aromatic hydroxyl groups is 2. The van der Waals surface area contributed by atoms with Gasteiger partial charge in [-0.1, -0.05) is 51.1 Å². The number of rotatable bonds is 4. The highest BCUT2D eigenvalue weighted by Gasteiger charge is 2.27. The van der Waals surface area contributed by atoms with Crippen molar-refractivity contribution in [3.63, 3.8) is 0 Å². The lowest BCUT2D eigenvalue weighted by Crippen LogP contribution is -2.08. The summed E-state index contributed by atoms with van der Waals surface area (Å²) in [7, 11) is 0. The fourth-order valence-electron chi connectivity index (χ4n) is 2.56. The second kappa shape index (κ2) is 6.32. The minimum absolute atomic E-state index is 0.0777. The van der Waals surface area contributed by atoms with Crippen LogP contribution in [-0.2, 0) is 13.0 Å². The van der Waals surface area contributed by atoms with E-state index in [1.54, 1.807) is 6.92 Å². The van der Waals surface area contributed by atoms with Crippen LogP contribution in [0.1, 0.15) is 37.5 Å². The van der Waals surface area contributed by atoms with Crippen molar-refractivity contribution < 1.29 is 10.2 Å². The van der Waals surface area contributed by atoms with E-state index in [9.17, 15) is 10.2 Å². The van der Waals surface area contributed by atoms with Crippen molar-refractivity contribution in [1.29, 1.82) is 0 Å². The Bertz CT molecular complexity index is 721. The summed E-state index contributed by atoms with van der Waals surface area (Å²) in [6.45, 7) is 12.5. The fraction of sp³-hybridized carbons (Fsp3) is 0.368. The van der Waals surface area contributed by atoms with Crippen LogP contribution in [0, 0.1) is 12.3 Å². The molecule has 0 aliphatic rings. The van der Waals surface area contributed by atoms with Crippen LogP contribution in [0.2, 0.25) is 5.02 Å². The molecule has 0 atom stereocenters. The van der Waals surface area contributed by atoms with Gasteiger partial charge in [-0.25, -0.2) is 0 Å². The normalized spacial score (nSPS) is 11.7. The Balaban J connectivity index is 2.30. The topological polar surface area (TPSA) is 45.4 Å². The molecule has 2 rings (SSSR count). The average molecular weight is 334 g/mol. The summed E-state index contributed by atoms with van der Waals surface area (Å²) in [4.78, 5) is 0. The third-order valence-electron chi connectivity index (χ3n) is 4.19. The second-order valence-electron chi connectivity index (χ2n) is 6.90. The lowest BCUT2D eigenvalue weighted by atomic mass is 9.83. The van der Waals surface area contributed by atoms with E-state index in [1.165, 1.54) is 4.57 Å². The highest BCUT2D eigenvalue weighted by atomic mass is 35.5. The van der Waals surface area contributed by atoms with Gasteiger partial charge in [0.25, 0.3) is 0 Å². The molecule has 0 fully saturated rings. The molecular formula is C19H24ClNO2. The van der Waals surface area contributed by atoms with Gasteiger partial charge in [0.2, 0.25) is 5.88 Å². The quantitative estimate of drug-likeness (QED) is 0.811. The standard InChI is InChI=1S/C19H24ClNO2/c1-12-16(13(2)19(3,4)5)18(23)21(17(12)22)11-10-14-6-8-15(20)9-7-14/h6-9,22-23H,2,10-11H2,1,3-5H3. The Morgan fingerprint density at radius 1 is 1.13 bits per heavy atom. The second-order valence-corrected chi connectivity index (χ2v) is 7.34. The Morgan fingerprint density at radius 3 is 2.22 bits per heavy atom. The molecule has 2 aromatic rings. The van der Waals surface area contributed by atoms with Gasteiger partial charge in [0.1, 0.15) is 0 Å². The van der Waals surface area contributed by atoms with E-state index in [0.717, 1.165) is 11.1 Å². The van der Waals surface area contributed by atoms with Gasteiger partial charge < -0.3 is 10.2 Å². The molecule has 1 aromatic heterocycles. The number of nitrogens with zero attached hydrogens (tertiary/aromatic N) is 1. The molecule has 3 nitrogen and oxygen atoms in total. The number of aromatic nitrogens is 1. The van der Waals surface area contributed by atoms with E-state index in [4.69, 9.17) is 11.6 Å². The molecule has 23 heavy (non-hydrogen) atoms. The molecule has 2 N–H and O–H groups in total. The predicted octanol–water partition coefficient (Wildman–Crippen LogP) is 5.16. The van der Waals surface area contributed by atoms with E-state index in [-0.39, 0.29) is 17.2 Å². The molecule has 0 aliphatic carbocycles. The highest BCUT2D eigenvalue weighted by molar-refractivity contribution is 6.30. The van der Waals surface area contributed by atoms with Crippen molar-refractivity contribution in [2.24, 2.45) is 5.41 Å². The van der Waals surface area contributed by atoms with Gasteiger partial charge in [-0.05, 0) is 42.0 Å². The van der Waals surface area contributed by atoms with Crippen molar-refractivity contribution in [3.05, 3.63) is 52.6 Å². The van der Waals surface area contributed by atoms with Crippen molar-refractivity contribution in [3.8, 4) is 11.8 Å². The molecule has 0 saturated heterocycles. The van der Waals surface area contributed by atoms with Gasteiger partial charge in [-0.15, -0.1) is 0 Å². The third-order valence-corrected chi connectivity index (χ3v) is 4.44. The molecule has 0 aliphatic heterocycles. The van der Waals surface area contributed by atoms with Gasteiger partial charge in [0, 0.05) is 22.7 Å². The maximum absolute atomic E-state index is 10.6. The van der Waals surface area contributed by atoms with Crippen molar-refractivity contribution in [1.82, 2.24) is 4.57 Å². The molecule has 1 aromatic carbocycles. The molecule has 0 saturated carbocycles. The minimum atomic E-state index is -0.183. The number of aryl methyl sites for hydroxylation is 1. The number of benzene rings is 1. The summed E-state index contributed by atoms with van der Waals surface area (Å²) in [6, 6.07) is 7.57. The largest absolute Gasteiger partial charge is 0.494 e. The molecule has 0 amide bonds. The zero-order chi connectivity index (χ0) is 17.4. The van der Waals surface area contributed by atoms with Crippen molar-refractivity contribution >= 4 is 17.2 Å². The summed E-state index contributed by atoms with van der Waals surface area (Å²) in [6.07, 6.45) is 0.688. The fourth-order valence-corrected chi connectivity index (χ4v) is 2.68. The predicted molar refractivity (Wildman–Crippen MR) is 96.1 cm³/mol. The smallest absolute Gasteiger partial charge is 0.201 e. The first-order valence-corrected chi connectivity index (χ1v) is 8.06. The van der Waals surface area contributed by atoms with E-state index < -0.39 is 0 Å². The van der Waals surface area contributed by atoms with Crippen molar-refractivity contribution in [2.45, 2.75) is 40.7 Å². The van der Waals surface area contributed by atoms with Gasteiger partial charge in [-0.3, -0.25) is 4.57 Å². The first kappa shape index (κ1) is 17.5. The first-order chi connectivity index (χ1) is 10.6. The molecule has 1 heterocycles. The molecule has 0 spiro atoms. The summed E-state index contributed by atoms with van der Waals surface area (Å²) < 4.78 is 1.54. The van der Waals surface area contributed by atoms with Crippen LogP contribution in [0.4, 0.5) is 0 Å². The lowest BCUT2D eigenvalue weighted by Gasteiger charge is -2.22. The Kier molecular flexibility index (Phi) is 4.81. The highest BCUT2D eigenvalue weighted by Crippen LogP contribution is 2.43. The maximum Gasteiger partial charge on any atom is 0.201 e. The van der Waals surface area contributed by atoms with E-state index in [0.29, 0.717) is 29.1 Å². The molecule has 0 unspecified atom stereocenters. The SMILES string of the molecule is C=C(c1c(C)c(O)n(CCc2ccc(Cl)cc2)c1O)C(C)(C)C. The molecule has 124 valence electrons. The average Bonchev–Trinajstić information content (AvgIpc) is 2.68. The zero-order valence-electron chi connectivity index (χ0n) is 14.2. The van der Waals surface area contributed by atoms with E-state index in [1.807, 2.05) is 45.0 Å². The van der Waals surface area contributed by atoms with Gasteiger partial charge >= 0.3 is 0 Å². The van der Waals surface area contributed by atoms with Crippen LogP contribution in [0.25, 0.3) is 5.57 Å². The van der Waals surface area contributed by atoms with Crippen LogP contribution in [0.3, 0.4) is 0 Å². The van der Waals surface area contributed by atoms with E-state index in [2.05, 4.69) is 6.58 Å². The Morgan fingerprint density at radius 2 is 1.70 bits per heavy atom. The molecular weight excluding hydrogens is 310 g/mol. The van der Waals surface area contributed by atoms with E-state index >= 15 is 0 Å². The van der Waals surface area contributed by atoms with Crippen LogP contribution in [0.5, 0.6) is 11.8 Å². The molecule has 0 radical (unpaired) electrons. The summed E-state index contributed by atoms with van der Waals surface area (Å²) in [5.41, 5.74) is 3.03. The van der Waals surface area contributed by atoms with Gasteiger partial charge in [0.05, 0.1) is 0 Å². The van der Waals surface area contributed by atoms with Crippen LogP contribution in [-0.4, -0.2) is 14.8 Å². The zero-order valence-corrected chi connectivity index (χ0v) is 14.9. The summed E-state index contributed by atoms with van der Waals surface area (Å²) >= 11 is 5.89. The number of hydrogen-bond acceptors (Lipinski definition) is 2. The summed E-state index contributed by atoms with van der Waals surface area (Å²) in [5, 5.41) is 21.6. The van der Waals surface area contributed by atoms with Gasteiger partial charge in [-0.2, -0.15) is 0 Å². The summed E-state index contributed by atoms with van der Waals surface area (Å²) in [5.74, 6) is 0.172. The Hall–Kier alpha value is -1.87. The molecule has 0 bridgehead atoms. The lowest BCUT2D eigenvalue weighted by molar-refractivity contribution is 0.366. The van der Waals surface area contributed by atoms with Crippen LogP contribution >= 0.6 is 11.6 Å². The number of hydrogen-bond donors (Lipinski definition) is 2. The first-order valence-electron chi connectivity index (χ1n) is 7.68. The van der Waals surface area contributed by atoms with Crippen molar-refractivity contribution in [2.75, 3.05) is 0 Å². The van der Waals surface area contributed by atoms with Crippen LogP contribution < -0.4 is 0 Å². The number of allylic oxidation sites excluding steroid dienone is 1. The van der Waals surface area contributed by atoms with Crippen LogP contribution in [0.15, 0.2) is 30.8 Å². The monoisotopic (exact) mass is 333 g/mol. The number of halogens is 1.